The second-order valence-corrected chi connectivity index (χ2v) is 5.64. The summed E-state index contributed by atoms with van der Waals surface area (Å²) in [5.74, 6) is 0.451. The van der Waals surface area contributed by atoms with Gasteiger partial charge in [-0.1, -0.05) is 48.0 Å². The lowest BCUT2D eigenvalue weighted by Crippen LogP contribution is -2.32. The van der Waals surface area contributed by atoms with E-state index in [9.17, 15) is 4.79 Å². The molecule has 1 heterocycles. The van der Waals surface area contributed by atoms with Crippen molar-refractivity contribution >= 4 is 11.7 Å². The van der Waals surface area contributed by atoms with Gasteiger partial charge in [-0.2, -0.15) is 0 Å². The van der Waals surface area contributed by atoms with Gasteiger partial charge in [0.05, 0.1) is 0 Å². The molecule has 1 saturated heterocycles. The number of aryl methyl sites for hydroxylation is 1. The Balaban J connectivity index is 1.61. The van der Waals surface area contributed by atoms with Crippen LogP contribution in [0.15, 0.2) is 54.6 Å². The standard InChI is InChI=1S/C18H20N2O/c1-14-7-9-15(10-8-14)16-11-12-20(13-16)18(21)19-17-5-3-2-4-6-17/h2-10,16H,11-13H2,1H3,(H,19,21)/t16-/m1/s1. The molecule has 1 N–H and O–H groups in total. The molecule has 1 aliphatic rings. The Labute approximate surface area is 125 Å². The van der Waals surface area contributed by atoms with Gasteiger partial charge in [0, 0.05) is 24.7 Å². The van der Waals surface area contributed by atoms with Gasteiger partial charge < -0.3 is 10.2 Å². The molecule has 0 unspecified atom stereocenters. The van der Waals surface area contributed by atoms with Crippen molar-refractivity contribution in [1.82, 2.24) is 4.90 Å². The van der Waals surface area contributed by atoms with Crippen LogP contribution in [0.25, 0.3) is 0 Å². The molecule has 1 fully saturated rings. The largest absolute Gasteiger partial charge is 0.324 e. The zero-order chi connectivity index (χ0) is 14.7. The summed E-state index contributed by atoms with van der Waals surface area (Å²) in [6, 6.07) is 18.2. The summed E-state index contributed by atoms with van der Waals surface area (Å²) in [6.07, 6.45) is 1.03. The summed E-state index contributed by atoms with van der Waals surface area (Å²) in [5, 5.41) is 2.95. The van der Waals surface area contributed by atoms with E-state index >= 15 is 0 Å². The second-order valence-electron chi connectivity index (χ2n) is 5.64. The number of para-hydroxylation sites is 1. The molecule has 2 aromatic carbocycles. The lowest BCUT2D eigenvalue weighted by atomic mass is 9.98. The molecule has 108 valence electrons. The average Bonchev–Trinajstić information content (AvgIpc) is 2.99. The van der Waals surface area contributed by atoms with Crippen molar-refractivity contribution in [2.75, 3.05) is 18.4 Å². The van der Waals surface area contributed by atoms with Crippen molar-refractivity contribution in [1.29, 1.82) is 0 Å². The Kier molecular flexibility index (Phi) is 3.91. The summed E-state index contributed by atoms with van der Waals surface area (Å²) in [4.78, 5) is 14.2. The van der Waals surface area contributed by atoms with Crippen molar-refractivity contribution in [3.8, 4) is 0 Å². The Bertz CT molecular complexity index is 607. The smallest absolute Gasteiger partial charge is 0.321 e. The molecule has 2 aromatic rings. The minimum absolute atomic E-state index is 0.00388. The summed E-state index contributed by atoms with van der Waals surface area (Å²) in [5.41, 5.74) is 3.45. The van der Waals surface area contributed by atoms with Crippen molar-refractivity contribution in [3.63, 3.8) is 0 Å². The monoisotopic (exact) mass is 280 g/mol. The van der Waals surface area contributed by atoms with Crippen LogP contribution in [0.3, 0.4) is 0 Å². The fourth-order valence-electron chi connectivity index (χ4n) is 2.78. The van der Waals surface area contributed by atoms with E-state index in [1.54, 1.807) is 0 Å². The van der Waals surface area contributed by atoms with Crippen LogP contribution in [0.4, 0.5) is 10.5 Å². The Morgan fingerprint density at radius 2 is 1.81 bits per heavy atom. The highest BCUT2D eigenvalue weighted by Crippen LogP contribution is 2.27. The number of nitrogens with zero attached hydrogens (tertiary/aromatic N) is 1. The first-order chi connectivity index (χ1) is 10.2. The van der Waals surface area contributed by atoms with E-state index in [0.29, 0.717) is 5.92 Å². The summed E-state index contributed by atoms with van der Waals surface area (Å²) in [6.45, 7) is 3.71. The third-order valence-corrected chi connectivity index (χ3v) is 4.05. The highest BCUT2D eigenvalue weighted by atomic mass is 16.2. The first-order valence-electron chi connectivity index (χ1n) is 7.40. The first-order valence-corrected chi connectivity index (χ1v) is 7.40. The lowest BCUT2D eigenvalue weighted by Gasteiger charge is -2.17. The van der Waals surface area contributed by atoms with Crippen LogP contribution >= 0.6 is 0 Å². The number of hydrogen-bond acceptors (Lipinski definition) is 1. The minimum atomic E-state index is -0.00388. The van der Waals surface area contributed by atoms with Gasteiger partial charge in [-0.3, -0.25) is 0 Å². The van der Waals surface area contributed by atoms with E-state index in [0.717, 1.165) is 25.2 Å². The number of hydrogen-bond donors (Lipinski definition) is 1. The third-order valence-electron chi connectivity index (χ3n) is 4.05. The fraction of sp³-hybridized carbons (Fsp3) is 0.278. The maximum absolute atomic E-state index is 12.3. The molecule has 0 bridgehead atoms. The van der Waals surface area contributed by atoms with Crippen molar-refractivity contribution in [3.05, 3.63) is 65.7 Å². The van der Waals surface area contributed by atoms with Gasteiger partial charge in [-0.05, 0) is 31.0 Å². The molecule has 1 aliphatic heterocycles. The number of likely N-dealkylation sites (tertiary alicyclic amines) is 1. The Morgan fingerprint density at radius 1 is 1.10 bits per heavy atom. The molecule has 0 aromatic heterocycles. The minimum Gasteiger partial charge on any atom is -0.324 e. The molecule has 3 heteroatoms. The van der Waals surface area contributed by atoms with E-state index < -0.39 is 0 Å². The number of carbonyl (C=O) groups excluding carboxylic acids is 1. The van der Waals surface area contributed by atoms with Crippen LogP contribution < -0.4 is 5.32 Å². The predicted molar refractivity (Wildman–Crippen MR) is 85.6 cm³/mol. The lowest BCUT2D eigenvalue weighted by molar-refractivity contribution is 0.222. The highest BCUT2D eigenvalue weighted by molar-refractivity contribution is 5.89. The normalized spacial score (nSPS) is 17.8. The van der Waals surface area contributed by atoms with Gasteiger partial charge in [0.2, 0.25) is 0 Å². The fourth-order valence-corrected chi connectivity index (χ4v) is 2.78. The number of amides is 2. The third kappa shape index (κ3) is 3.24. The number of nitrogens with one attached hydrogen (secondary N) is 1. The van der Waals surface area contributed by atoms with Crippen LogP contribution in [0.2, 0.25) is 0 Å². The van der Waals surface area contributed by atoms with Crippen LogP contribution in [0, 0.1) is 6.92 Å². The molecule has 2 amide bonds. The molecule has 0 radical (unpaired) electrons. The summed E-state index contributed by atoms with van der Waals surface area (Å²) < 4.78 is 0. The topological polar surface area (TPSA) is 32.3 Å². The molecular formula is C18H20N2O. The van der Waals surface area contributed by atoms with Gasteiger partial charge in [0.1, 0.15) is 0 Å². The van der Waals surface area contributed by atoms with Crippen LogP contribution in [-0.2, 0) is 0 Å². The van der Waals surface area contributed by atoms with Gasteiger partial charge in [0.15, 0.2) is 0 Å². The van der Waals surface area contributed by atoms with Crippen LogP contribution in [-0.4, -0.2) is 24.0 Å². The van der Waals surface area contributed by atoms with Gasteiger partial charge in [0.25, 0.3) is 0 Å². The molecule has 3 rings (SSSR count). The summed E-state index contributed by atoms with van der Waals surface area (Å²) >= 11 is 0. The van der Waals surface area contributed by atoms with E-state index in [-0.39, 0.29) is 6.03 Å². The number of anilines is 1. The molecule has 1 atom stereocenters. The summed E-state index contributed by atoms with van der Waals surface area (Å²) in [7, 11) is 0. The maximum atomic E-state index is 12.3. The SMILES string of the molecule is Cc1ccc([C@@H]2CCN(C(=O)Nc3ccccc3)C2)cc1. The number of benzene rings is 2. The highest BCUT2D eigenvalue weighted by Gasteiger charge is 2.27. The van der Waals surface area contributed by atoms with Gasteiger partial charge >= 0.3 is 6.03 Å². The maximum Gasteiger partial charge on any atom is 0.321 e. The Hall–Kier alpha value is -2.29. The molecule has 0 saturated carbocycles. The zero-order valence-electron chi connectivity index (χ0n) is 12.3. The molecule has 3 nitrogen and oxygen atoms in total. The van der Waals surface area contributed by atoms with Gasteiger partial charge in [-0.15, -0.1) is 0 Å². The van der Waals surface area contributed by atoms with Crippen LogP contribution in [0.5, 0.6) is 0 Å². The zero-order valence-corrected chi connectivity index (χ0v) is 12.3. The number of rotatable bonds is 2. The molecule has 21 heavy (non-hydrogen) atoms. The molecule has 0 aliphatic carbocycles. The first kappa shape index (κ1) is 13.7. The molecule has 0 spiro atoms. The number of carbonyl (C=O) groups is 1. The van der Waals surface area contributed by atoms with Crippen molar-refractivity contribution in [2.45, 2.75) is 19.3 Å². The van der Waals surface area contributed by atoms with Crippen molar-refractivity contribution < 1.29 is 4.79 Å². The quantitative estimate of drug-likeness (QED) is 0.885. The Morgan fingerprint density at radius 3 is 2.52 bits per heavy atom. The van der Waals surface area contributed by atoms with E-state index in [4.69, 9.17) is 0 Å². The van der Waals surface area contributed by atoms with E-state index in [1.807, 2.05) is 35.2 Å². The predicted octanol–water partition coefficient (Wildman–Crippen LogP) is 4.02. The molecular weight excluding hydrogens is 260 g/mol. The van der Waals surface area contributed by atoms with E-state index in [2.05, 4.69) is 36.5 Å². The second kappa shape index (κ2) is 6.00. The van der Waals surface area contributed by atoms with Crippen LogP contribution in [0.1, 0.15) is 23.5 Å². The average molecular weight is 280 g/mol. The number of urea groups is 1. The van der Waals surface area contributed by atoms with Crippen molar-refractivity contribution in [2.24, 2.45) is 0 Å². The van der Waals surface area contributed by atoms with E-state index in [1.165, 1.54) is 11.1 Å². The van der Waals surface area contributed by atoms with Gasteiger partial charge in [-0.25, -0.2) is 4.79 Å².